The predicted octanol–water partition coefficient (Wildman–Crippen LogP) is 1.97. The number of rotatable bonds is 6. The molecule has 0 aliphatic carbocycles. The van der Waals surface area contributed by atoms with Gasteiger partial charge in [0.25, 0.3) is 0 Å². The van der Waals surface area contributed by atoms with Gasteiger partial charge in [-0.25, -0.2) is 9.67 Å². The third-order valence-corrected chi connectivity index (χ3v) is 2.51. The maximum Gasteiger partial charge on any atom is 0.145 e. The van der Waals surface area contributed by atoms with Crippen LogP contribution in [0.4, 0.5) is 5.82 Å². The fourth-order valence-electron chi connectivity index (χ4n) is 1.66. The normalized spacial score (nSPS) is 10.6. The van der Waals surface area contributed by atoms with Crippen molar-refractivity contribution in [3.05, 3.63) is 18.6 Å². The third-order valence-electron chi connectivity index (χ3n) is 2.51. The van der Waals surface area contributed by atoms with E-state index in [9.17, 15) is 0 Å². The highest BCUT2D eigenvalue weighted by atomic mass is 15.4. The van der Waals surface area contributed by atoms with Crippen LogP contribution in [0, 0.1) is 0 Å². The fourth-order valence-corrected chi connectivity index (χ4v) is 1.66. The molecule has 0 aliphatic rings. The third kappa shape index (κ3) is 2.82. The van der Waals surface area contributed by atoms with Crippen LogP contribution in [-0.2, 0) is 6.54 Å². The molecule has 0 bridgehead atoms. The van der Waals surface area contributed by atoms with Crippen molar-refractivity contribution in [3.63, 3.8) is 0 Å². The van der Waals surface area contributed by atoms with Crippen LogP contribution in [0.1, 0.15) is 26.7 Å². The van der Waals surface area contributed by atoms with Crippen molar-refractivity contribution in [3.8, 4) is 11.4 Å². The van der Waals surface area contributed by atoms with Crippen molar-refractivity contribution in [2.45, 2.75) is 33.2 Å². The summed E-state index contributed by atoms with van der Waals surface area (Å²) in [4.78, 5) is 8.72. The van der Waals surface area contributed by atoms with Gasteiger partial charge in [-0.2, -0.15) is 0 Å². The average molecular weight is 246 g/mol. The number of hydrogen-bond donors (Lipinski definition) is 1. The van der Waals surface area contributed by atoms with Crippen LogP contribution in [-0.4, -0.2) is 31.5 Å². The van der Waals surface area contributed by atoms with Gasteiger partial charge in [0.1, 0.15) is 17.2 Å². The molecule has 0 amide bonds. The van der Waals surface area contributed by atoms with Gasteiger partial charge in [0, 0.05) is 13.1 Å². The second-order valence-electron chi connectivity index (χ2n) is 4.06. The molecule has 2 rings (SSSR count). The van der Waals surface area contributed by atoms with E-state index in [0.717, 1.165) is 43.1 Å². The summed E-state index contributed by atoms with van der Waals surface area (Å²) in [6, 6.07) is 0. The molecule has 96 valence electrons. The molecule has 2 heterocycles. The van der Waals surface area contributed by atoms with Crippen molar-refractivity contribution in [1.82, 2.24) is 25.0 Å². The maximum absolute atomic E-state index is 4.52. The molecule has 18 heavy (non-hydrogen) atoms. The SMILES string of the molecule is CCCNc1cncc(-c2cnnn2CCC)n1. The highest BCUT2D eigenvalue weighted by Gasteiger charge is 2.08. The van der Waals surface area contributed by atoms with Crippen molar-refractivity contribution in [2.24, 2.45) is 0 Å². The summed E-state index contributed by atoms with van der Waals surface area (Å²) in [6.07, 6.45) is 7.26. The summed E-state index contributed by atoms with van der Waals surface area (Å²) in [7, 11) is 0. The molecule has 6 nitrogen and oxygen atoms in total. The average Bonchev–Trinajstić information content (AvgIpc) is 2.85. The molecule has 0 saturated heterocycles. The van der Waals surface area contributed by atoms with Gasteiger partial charge < -0.3 is 5.32 Å². The van der Waals surface area contributed by atoms with E-state index in [0.29, 0.717) is 0 Å². The molecule has 6 heteroatoms. The van der Waals surface area contributed by atoms with Crippen LogP contribution >= 0.6 is 0 Å². The minimum atomic E-state index is 0.790. The first-order valence-electron chi connectivity index (χ1n) is 6.30. The topological polar surface area (TPSA) is 68.5 Å². The molecule has 1 N–H and O–H groups in total. The van der Waals surface area contributed by atoms with Gasteiger partial charge in [0.15, 0.2) is 0 Å². The predicted molar refractivity (Wildman–Crippen MR) is 70.1 cm³/mol. The van der Waals surface area contributed by atoms with E-state index in [2.05, 4.69) is 39.4 Å². The molecule has 0 atom stereocenters. The van der Waals surface area contributed by atoms with E-state index < -0.39 is 0 Å². The second-order valence-corrected chi connectivity index (χ2v) is 4.06. The minimum Gasteiger partial charge on any atom is -0.369 e. The molecule has 0 saturated carbocycles. The first-order chi connectivity index (χ1) is 8.85. The lowest BCUT2D eigenvalue weighted by Gasteiger charge is -2.06. The Balaban J connectivity index is 2.24. The fraction of sp³-hybridized carbons (Fsp3) is 0.500. The molecule has 0 radical (unpaired) electrons. The van der Waals surface area contributed by atoms with Crippen LogP contribution < -0.4 is 5.32 Å². The van der Waals surface area contributed by atoms with Gasteiger partial charge in [-0.1, -0.05) is 19.1 Å². The smallest absolute Gasteiger partial charge is 0.145 e. The Bertz CT molecular complexity index is 493. The standard InChI is InChI=1S/C12H18N6/c1-3-5-14-12-9-13-7-10(16-12)11-8-15-17-18(11)6-4-2/h7-9H,3-6H2,1-2H3,(H,14,16). The zero-order chi connectivity index (χ0) is 12.8. The Kier molecular flexibility index (Phi) is 4.22. The number of hydrogen-bond acceptors (Lipinski definition) is 5. The Morgan fingerprint density at radius 1 is 1.17 bits per heavy atom. The monoisotopic (exact) mass is 246 g/mol. The summed E-state index contributed by atoms with van der Waals surface area (Å²) in [6.45, 7) is 5.95. The Hall–Kier alpha value is -1.98. The number of aromatic nitrogens is 5. The molecule has 0 aromatic carbocycles. The van der Waals surface area contributed by atoms with Crippen molar-refractivity contribution >= 4 is 5.82 Å². The number of anilines is 1. The number of nitrogens with one attached hydrogen (secondary N) is 1. The first kappa shape index (κ1) is 12.5. The molecule has 2 aromatic heterocycles. The van der Waals surface area contributed by atoms with Crippen LogP contribution in [0.25, 0.3) is 11.4 Å². The number of aryl methyl sites for hydroxylation is 1. The Morgan fingerprint density at radius 2 is 2.06 bits per heavy atom. The summed E-state index contributed by atoms with van der Waals surface area (Å²) in [5.41, 5.74) is 1.71. The Morgan fingerprint density at radius 3 is 2.83 bits per heavy atom. The maximum atomic E-state index is 4.52. The zero-order valence-electron chi connectivity index (χ0n) is 10.8. The molecular formula is C12H18N6. The molecule has 0 aliphatic heterocycles. The van der Waals surface area contributed by atoms with E-state index in [1.54, 1.807) is 18.6 Å². The van der Waals surface area contributed by atoms with Crippen LogP contribution in [0.2, 0.25) is 0 Å². The first-order valence-corrected chi connectivity index (χ1v) is 6.30. The summed E-state index contributed by atoms with van der Waals surface area (Å²) in [5.74, 6) is 0.790. The van der Waals surface area contributed by atoms with Gasteiger partial charge in [-0.05, 0) is 12.8 Å². The number of nitrogens with zero attached hydrogens (tertiary/aromatic N) is 5. The van der Waals surface area contributed by atoms with E-state index in [4.69, 9.17) is 0 Å². The van der Waals surface area contributed by atoms with Gasteiger partial charge in [0.2, 0.25) is 0 Å². The largest absolute Gasteiger partial charge is 0.369 e. The minimum absolute atomic E-state index is 0.790. The lowest BCUT2D eigenvalue weighted by atomic mass is 10.3. The highest BCUT2D eigenvalue weighted by molar-refractivity contribution is 5.54. The van der Waals surface area contributed by atoms with E-state index in [-0.39, 0.29) is 0 Å². The van der Waals surface area contributed by atoms with Crippen LogP contribution in [0.15, 0.2) is 18.6 Å². The van der Waals surface area contributed by atoms with Gasteiger partial charge >= 0.3 is 0 Å². The van der Waals surface area contributed by atoms with E-state index >= 15 is 0 Å². The van der Waals surface area contributed by atoms with Gasteiger partial charge in [0.05, 0.1) is 18.6 Å². The second kappa shape index (κ2) is 6.09. The molecule has 0 spiro atoms. The van der Waals surface area contributed by atoms with Crippen molar-refractivity contribution in [1.29, 1.82) is 0 Å². The molecule has 0 fully saturated rings. The van der Waals surface area contributed by atoms with E-state index in [1.165, 1.54) is 0 Å². The van der Waals surface area contributed by atoms with Crippen LogP contribution in [0.3, 0.4) is 0 Å². The zero-order valence-corrected chi connectivity index (χ0v) is 10.8. The Labute approximate surface area is 106 Å². The van der Waals surface area contributed by atoms with Crippen LogP contribution in [0.5, 0.6) is 0 Å². The van der Waals surface area contributed by atoms with Gasteiger partial charge in [-0.3, -0.25) is 4.98 Å². The lowest BCUT2D eigenvalue weighted by molar-refractivity contribution is 0.583. The highest BCUT2D eigenvalue weighted by Crippen LogP contribution is 2.16. The summed E-state index contributed by atoms with van der Waals surface area (Å²) < 4.78 is 1.85. The molecule has 2 aromatic rings. The van der Waals surface area contributed by atoms with Crippen molar-refractivity contribution < 1.29 is 0 Å². The van der Waals surface area contributed by atoms with E-state index in [1.807, 2.05) is 4.68 Å². The molecule has 0 unspecified atom stereocenters. The summed E-state index contributed by atoms with van der Waals surface area (Å²) >= 11 is 0. The summed E-state index contributed by atoms with van der Waals surface area (Å²) in [5, 5.41) is 11.2. The van der Waals surface area contributed by atoms with Gasteiger partial charge in [-0.15, -0.1) is 5.10 Å². The quantitative estimate of drug-likeness (QED) is 0.844. The molecular weight excluding hydrogens is 228 g/mol. The lowest BCUT2D eigenvalue weighted by Crippen LogP contribution is -2.05. The van der Waals surface area contributed by atoms with Crippen molar-refractivity contribution in [2.75, 3.05) is 11.9 Å².